The molecular formula is C16H17ClO4. The van der Waals surface area contributed by atoms with E-state index in [1.165, 1.54) is 0 Å². The molecule has 1 unspecified atom stereocenters. The number of carbonyl (C=O) groups is 2. The molecule has 1 aliphatic heterocycles. The molecule has 4 nitrogen and oxygen atoms in total. The molecule has 1 atom stereocenters. The summed E-state index contributed by atoms with van der Waals surface area (Å²) in [5, 5.41) is 0.328. The lowest BCUT2D eigenvalue weighted by molar-refractivity contribution is -0.141. The summed E-state index contributed by atoms with van der Waals surface area (Å²) >= 11 is 6.36. The molecule has 21 heavy (non-hydrogen) atoms. The highest BCUT2D eigenvalue weighted by Crippen LogP contribution is 2.31. The Labute approximate surface area is 128 Å². The zero-order valence-electron chi connectivity index (χ0n) is 11.8. The van der Waals surface area contributed by atoms with Crippen molar-refractivity contribution in [3.8, 4) is 0 Å². The fourth-order valence-corrected chi connectivity index (χ4v) is 2.49. The SMILES string of the molecule is CCOC(=O)/C(CC1CCOC1=O)=C(\Cl)c1ccccc1. The molecular weight excluding hydrogens is 292 g/mol. The first-order chi connectivity index (χ1) is 10.1. The summed E-state index contributed by atoms with van der Waals surface area (Å²) in [6, 6.07) is 9.17. The molecule has 5 heteroatoms. The van der Waals surface area contributed by atoms with E-state index in [0.29, 0.717) is 23.6 Å². The normalized spacial score (nSPS) is 19.0. The maximum absolute atomic E-state index is 12.1. The molecule has 1 saturated heterocycles. The number of benzene rings is 1. The van der Waals surface area contributed by atoms with Gasteiger partial charge in [-0.15, -0.1) is 0 Å². The molecule has 0 saturated carbocycles. The second-order valence-corrected chi connectivity index (χ2v) is 5.11. The number of rotatable bonds is 5. The molecule has 0 radical (unpaired) electrons. The van der Waals surface area contributed by atoms with Crippen LogP contribution in [0.15, 0.2) is 35.9 Å². The number of hydrogen-bond acceptors (Lipinski definition) is 4. The van der Waals surface area contributed by atoms with Crippen LogP contribution in [0.3, 0.4) is 0 Å². The Kier molecular flexibility index (Phi) is 5.39. The van der Waals surface area contributed by atoms with Crippen LogP contribution in [0, 0.1) is 5.92 Å². The van der Waals surface area contributed by atoms with E-state index in [2.05, 4.69) is 0 Å². The molecule has 1 aliphatic rings. The van der Waals surface area contributed by atoms with Crippen molar-refractivity contribution in [2.75, 3.05) is 13.2 Å². The first-order valence-corrected chi connectivity index (χ1v) is 7.29. The van der Waals surface area contributed by atoms with Crippen LogP contribution in [-0.2, 0) is 19.1 Å². The fourth-order valence-electron chi connectivity index (χ4n) is 2.21. The highest BCUT2D eigenvalue weighted by Gasteiger charge is 2.31. The van der Waals surface area contributed by atoms with Crippen molar-refractivity contribution >= 4 is 28.6 Å². The lowest BCUT2D eigenvalue weighted by atomic mass is 9.96. The maximum atomic E-state index is 12.1. The van der Waals surface area contributed by atoms with Gasteiger partial charge >= 0.3 is 11.9 Å². The minimum Gasteiger partial charge on any atom is -0.465 e. The van der Waals surface area contributed by atoms with Gasteiger partial charge in [-0.05, 0) is 25.3 Å². The lowest BCUT2D eigenvalue weighted by Gasteiger charge is -2.12. The van der Waals surface area contributed by atoms with E-state index in [-0.39, 0.29) is 24.9 Å². The third-order valence-electron chi connectivity index (χ3n) is 3.31. The number of carbonyl (C=O) groups excluding carboxylic acids is 2. The number of hydrogen-bond donors (Lipinski definition) is 0. The second kappa shape index (κ2) is 7.27. The first-order valence-electron chi connectivity index (χ1n) is 6.91. The molecule has 0 N–H and O–H groups in total. The number of halogens is 1. The van der Waals surface area contributed by atoms with Crippen molar-refractivity contribution < 1.29 is 19.1 Å². The maximum Gasteiger partial charge on any atom is 0.335 e. The molecule has 1 heterocycles. The zero-order valence-corrected chi connectivity index (χ0v) is 12.6. The predicted octanol–water partition coefficient (Wildman–Crippen LogP) is 3.15. The van der Waals surface area contributed by atoms with Crippen molar-refractivity contribution in [2.24, 2.45) is 5.92 Å². The quantitative estimate of drug-likeness (QED) is 0.619. The molecule has 0 amide bonds. The number of ether oxygens (including phenoxy) is 2. The van der Waals surface area contributed by atoms with Crippen LogP contribution < -0.4 is 0 Å². The second-order valence-electron chi connectivity index (χ2n) is 4.74. The predicted molar refractivity (Wildman–Crippen MR) is 79.5 cm³/mol. The Balaban J connectivity index is 2.31. The molecule has 0 bridgehead atoms. The van der Waals surface area contributed by atoms with Crippen molar-refractivity contribution in [3.63, 3.8) is 0 Å². The largest absolute Gasteiger partial charge is 0.465 e. The van der Waals surface area contributed by atoms with Crippen molar-refractivity contribution in [2.45, 2.75) is 19.8 Å². The van der Waals surface area contributed by atoms with E-state index in [9.17, 15) is 9.59 Å². The van der Waals surface area contributed by atoms with Crippen LogP contribution in [0.4, 0.5) is 0 Å². The summed E-state index contributed by atoms with van der Waals surface area (Å²) in [7, 11) is 0. The average Bonchev–Trinajstić information content (AvgIpc) is 2.90. The van der Waals surface area contributed by atoms with Gasteiger partial charge in [0.15, 0.2) is 0 Å². The van der Waals surface area contributed by atoms with Gasteiger partial charge in [-0.2, -0.15) is 0 Å². The molecule has 2 rings (SSSR count). The van der Waals surface area contributed by atoms with Gasteiger partial charge in [0.05, 0.1) is 29.7 Å². The van der Waals surface area contributed by atoms with Gasteiger partial charge in [0.1, 0.15) is 0 Å². The summed E-state index contributed by atoms with van der Waals surface area (Å²) in [5.74, 6) is -1.10. The Morgan fingerprint density at radius 2 is 2.10 bits per heavy atom. The van der Waals surface area contributed by atoms with E-state index in [4.69, 9.17) is 21.1 Å². The van der Waals surface area contributed by atoms with Gasteiger partial charge in [0.2, 0.25) is 0 Å². The summed E-state index contributed by atoms with van der Waals surface area (Å²) in [6.07, 6.45) is 0.839. The first kappa shape index (κ1) is 15.6. The summed E-state index contributed by atoms with van der Waals surface area (Å²) in [5.41, 5.74) is 1.06. The van der Waals surface area contributed by atoms with Gasteiger partial charge in [0.25, 0.3) is 0 Å². The van der Waals surface area contributed by atoms with E-state index >= 15 is 0 Å². The summed E-state index contributed by atoms with van der Waals surface area (Å²) < 4.78 is 9.99. The number of cyclic esters (lactones) is 1. The van der Waals surface area contributed by atoms with Crippen LogP contribution >= 0.6 is 11.6 Å². The molecule has 0 aliphatic carbocycles. The third-order valence-corrected chi connectivity index (χ3v) is 3.75. The monoisotopic (exact) mass is 308 g/mol. The lowest BCUT2D eigenvalue weighted by Crippen LogP contribution is -2.16. The van der Waals surface area contributed by atoms with Crippen molar-refractivity contribution in [1.29, 1.82) is 0 Å². The van der Waals surface area contributed by atoms with Crippen molar-refractivity contribution in [3.05, 3.63) is 41.5 Å². The van der Waals surface area contributed by atoms with E-state index in [1.54, 1.807) is 6.92 Å². The van der Waals surface area contributed by atoms with E-state index in [0.717, 1.165) is 5.56 Å². The molecule has 1 fully saturated rings. The highest BCUT2D eigenvalue weighted by atomic mass is 35.5. The average molecular weight is 309 g/mol. The van der Waals surface area contributed by atoms with Gasteiger partial charge in [0, 0.05) is 0 Å². The zero-order chi connectivity index (χ0) is 15.2. The highest BCUT2D eigenvalue weighted by molar-refractivity contribution is 6.50. The van der Waals surface area contributed by atoms with Crippen LogP contribution in [0.25, 0.3) is 5.03 Å². The van der Waals surface area contributed by atoms with Gasteiger partial charge in [-0.1, -0.05) is 41.9 Å². The van der Waals surface area contributed by atoms with E-state index in [1.807, 2.05) is 30.3 Å². The van der Waals surface area contributed by atoms with Crippen molar-refractivity contribution in [1.82, 2.24) is 0 Å². The minimum absolute atomic E-state index is 0.241. The summed E-state index contributed by atoms with van der Waals surface area (Å²) in [4.78, 5) is 23.7. The molecule has 0 spiro atoms. The summed E-state index contributed by atoms with van der Waals surface area (Å²) in [6.45, 7) is 2.38. The van der Waals surface area contributed by atoms with Crippen LogP contribution in [-0.4, -0.2) is 25.2 Å². The molecule has 1 aromatic rings. The smallest absolute Gasteiger partial charge is 0.335 e. The van der Waals surface area contributed by atoms with Crippen LogP contribution in [0.5, 0.6) is 0 Å². The van der Waals surface area contributed by atoms with E-state index < -0.39 is 5.97 Å². The molecule has 0 aromatic heterocycles. The Hall–Kier alpha value is -1.81. The Bertz CT molecular complexity index is 551. The fraction of sp³-hybridized carbons (Fsp3) is 0.375. The van der Waals surface area contributed by atoms with Gasteiger partial charge in [-0.3, -0.25) is 4.79 Å². The standard InChI is InChI=1S/C16H17ClO4/c1-2-20-16(19)13(10-12-8-9-21-15(12)18)14(17)11-6-4-3-5-7-11/h3-7,12H,2,8-10H2,1H3/b14-13-. The van der Waals surface area contributed by atoms with Crippen LogP contribution in [0.2, 0.25) is 0 Å². The van der Waals surface area contributed by atoms with Crippen LogP contribution in [0.1, 0.15) is 25.3 Å². The molecule has 112 valence electrons. The Morgan fingerprint density at radius 3 is 2.67 bits per heavy atom. The molecule has 1 aromatic carbocycles. The minimum atomic E-state index is -0.481. The third kappa shape index (κ3) is 3.85. The van der Waals surface area contributed by atoms with Gasteiger partial charge < -0.3 is 9.47 Å². The topological polar surface area (TPSA) is 52.6 Å². The number of esters is 2. The van der Waals surface area contributed by atoms with Gasteiger partial charge in [-0.25, -0.2) is 4.79 Å². The Morgan fingerprint density at radius 1 is 1.38 bits per heavy atom.